The van der Waals surface area contributed by atoms with Crippen LogP contribution in [-0.4, -0.2) is 18.9 Å². The summed E-state index contributed by atoms with van der Waals surface area (Å²) >= 11 is 5.86. The SMILES string of the molecule is CCC1(C(=O)Cc2ccc(Cl)cc2)CCNCC1. The summed E-state index contributed by atoms with van der Waals surface area (Å²) in [6.07, 6.45) is 3.41. The maximum Gasteiger partial charge on any atom is 0.143 e. The highest BCUT2D eigenvalue weighted by atomic mass is 35.5. The summed E-state index contributed by atoms with van der Waals surface area (Å²) < 4.78 is 0. The second-order valence-corrected chi connectivity index (χ2v) is 5.55. The third kappa shape index (κ3) is 2.93. The average molecular weight is 266 g/mol. The summed E-state index contributed by atoms with van der Waals surface area (Å²) in [4.78, 5) is 12.5. The monoisotopic (exact) mass is 265 g/mol. The standard InChI is InChI=1S/C15H20ClNO/c1-2-15(7-9-17-10-8-15)14(18)11-12-3-5-13(16)6-4-12/h3-6,17H,2,7-11H2,1H3. The van der Waals surface area contributed by atoms with Gasteiger partial charge in [0.05, 0.1) is 0 Å². The van der Waals surface area contributed by atoms with E-state index in [1.165, 1.54) is 0 Å². The van der Waals surface area contributed by atoms with Crippen LogP contribution in [0.3, 0.4) is 0 Å². The molecule has 0 radical (unpaired) electrons. The first-order valence-corrected chi connectivity index (χ1v) is 7.02. The molecule has 3 heteroatoms. The van der Waals surface area contributed by atoms with Crippen molar-refractivity contribution in [3.63, 3.8) is 0 Å². The molecule has 98 valence electrons. The quantitative estimate of drug-likeness (QED) is 0.906. The number of nitrogens with one attached hydrogen (secondary N) is 1. The predicted molar refractivity (Wildman–Crippen MR) is 75.0 cm³/mol. The molecular weight excluding hydrogens is 246 g/mol. The fraction of sp³-hybridized carbons (Fsp3) is 0.533. The molecule has 0 unspecified atom stereocenters. The van der Waals surface area contributed by atoms with Crippen LogP contribution < -0.4 is 5.32 Å². The van der Waals surface area contributed by atoms with Crippen molar-refractivity contribution in [1.29, 1.82) is 0 Å². The van der Waals surface area contributed by atoms with E-state index in [1.807, 2.05) is 24.3 Å². The number of rotatable bonds is 4. The number of hydrogen-bond acceptors (Lipinski definition) is 2. The van der Waals surface area contributed by atoms with E-state index < -0.39 is 0 Å². The van der Waals surface area contributed by atoms with Crippen LogP contribution in [0.1, 0.15) is 31.7 Å². The molecular formula is C15H20ClNO. The topological polar surface area (TPSA) is 29.1 Å². The van der Waals surface area contributed by atoms with E-state index >= 15 is 0 Å². The fourth-order valence-corrected chi connectivity index (χ4v) is 2.84. The maximum absolute atomic E-state index is 12.5. The normalized spacial score (nSPS) is 18.6. The summed E-state index contributed by atoms with van der Waals surface area (Å²) in [5.41, 5.74) is 0.959. The first-order chi connectivity index (χ1) is 8.66. The largest absolute Gasteiger partial charge is 0.317 e. The lowest BCUT2D eigenvalue weighted by atomic mass is 9.72. The van der Waals surface area contributed by atoms with Gasteiger partial charge in [0.25, 0.3) is 0 Å². The second-order valence-electron chi connectivity index (χ2n) is 5.11. The summed E-state index contributed by atoms with van der Waals surface area (Å²) in [6, 6.07) is 7.60. The van der Waals surface area contributed by atoms with Crippen LogP contribution in [0.25, 0.3) is 0 Å². The van der Waals surface area contributed by atoms with Gasteiger partial charge in [-0.25, -0.2) is 0 Å². The molecule has 0 aromatic heterocycles. The summed E-state index contributed by atoms with van der Waals surface area (Å²) in [5.74, 6) is 0.383. The zero-order chi connectivity index (χ0) is 13.0. The van der Waals surface area contributed by atoms with Crippen LogP contribution in [-0.2, 0) is 11.2 Å². The Labute approximate surface area is 114 Å². The molecule has 1 aliphatic rings. The van der Waals surface area contributed by atoms with Gasteiger partial charge in [0, 0.05) is 16.9 Å². The number of Topliss-reactive ketones (excluding diaryl/α,β-unsaturated/α-hetero) is 1. The van der Waals surface area contributed by atoms with Gasteiger partial charge in [0.15, 0.2) is 0 Å². The van der Waals surface area contributed by atoms with Gasteiger partial charge in [-0.15, -0.1) is 0 Å². The van der Waals surface area contributed by atoms with E-state index in [2.05, 4.69) is 12.2 Å². The molecule has 0 amide bonds. The summed E-state index contributed by atoms with van der Waals surface area (Å²) in [7, 11) is 0. The lowest BCUT2D eigenvalue weighted by Gasteiger charge is -2.35. The van der Waals surface area contributed by atoms with Gasteiger partial charge >= 0.3 is 0 Å². The van der Waals surface area contributed by atoms with E-state index in [9.17, 15) is 4.79 Å². The smallest absolute Gasteiger partial charge is 0.143 e. The molecule has 18 heavy (non-hydrogen) atoms. The number of piperidine rings is 1. The molecule has 1 aromatic rings. The van der Waals surface area contributed by atoms with Crippen LogP contribution in [0.15, 0.2) is 24.3 Å². The van der Waals surface area contributed by atoms with E-state index in [1.54, 1.807) is 0 Å². The number of carbonyl (C=O) groups excluding carboxylic acids is 1. The first kappa shape index (κ1) is 13.6. The van der Waals surface area contributed by atoms with Crippen LogP contribution >= 0.6 is 11.6 Å². The molecule has 2 rings (SSSR count). The molecule has 0 bridgehead atoms. The maximum atomic E-state index is 12.5. The number of halogens is 1. The Morgan fingerprint density at radius 1 is 1.28 bits per heavy atom. The Bertz CT molecular complexity index is 407. The Morgan fingerprint density at radius 3 is 2.44 bits per heavy atom. The van der Waals surface area contributed by atoms with Gasteiger partial charge in [0.1, 0.15) is 5.78 Å². The van der Waals surface area contributed by atoms with Crippen molar-refractivity contribution >= 4 is 17.4 Å². The van der Waals surface area contributed by atoms with E-state index in [0.29, 0.717) is 12.2 Å². The Kier molecular flexibility index (Phi) is 4.41. The van der Waals surface area contributed by atoms with Gasteiger partial charge in [-0.2, -0.15) is 0 Å². The van der Waals surface area contributed by atoms with Gasteiger partial charge in [0.2, 0.25) is 0 Å². The van der Waals surface area contributed by atoms with Crippen molar-refractivity contribution in [2.45, 2.75) is 32.6 Å². The molecule has 0 spiro atoms. The Morgan fingerprint density at radius 2 is 1.89 bits per heavy atom. The number of benzene rings is 1. The number of ketones is 1. The molecule has 1 fully saturated rings. The lowest BCUT2D eigenvalue weighted by molar-refractivity contribution is -0.129. The van der Waals surface area contributed by atoms with Crippen molar-refractivity contribution in [1.82, 2.24) is 5.32 Å². The highest BCUT2D eigenvalue weighted by molar-refractivity contribution is 6.30. The van der Waals surface area contributed by atoms with E-state index in [4.69, 9.17) is 11.6 Å². The van der Waals surface area contributed by atoms with Crippen LogP contribution in [0.2, 0.25) is 5.02 Å². The Balaban J connectivity index is 2.07. The van der Waals surface area contributed by atoms with Crippen molar-refractivity contribution in [2.75, 3.05) is 13.1 Å². The predicted octanol–water partition coefficient (Wildman–Crippen LogP) is 3.23. The van der Waals surface area contributed by atoms with Crippen LogP contribution in [0.5, 0.6) is 0 Å². The average Bonchev–Trinajstić information content (AvgIpc) is 2.42. The van der Waals surface area contributed by atoms with Gasteiger partial charge in [-0.1, -0.05) is 30.7 Å². The van der Waals surface area contributed by atoms with Gasteiger partial charge < -0.3 is 5.32 Å². The molecule has 1 aliphatic heterocycles. The number of hydrogen-bond donors (Lipinski definition) is 1. The second kappa shape index (κ2) is 5.85. The minimum atomic E-state index is -0.106. The Hall–Kier alpha value is -0.860. The fourth-order valence-electron chi connectivity index (χ4n) is 2.71. The molecule has 0 aliphatic carbocycles. The molecule has 1 aromatic carbocycles. The molecule has 0 atom stereocenters. The van der Waals surface area contributed by atoms with Crippen molar-refractivity contribution in [3.05, 3.63) is 34.9 Å². The summed E-state index contributed by atoms with van der Waals surface area (Å²) in [5, 5.41) is 4.05. The van der Waals surface area contributed by atoms with Crippen LogP contribution in [0, 0.1) is 5.41 Å². The van der Waals surface area contributed by atoms with Gasteiger partial charge in [-0.3, -0.25) is 4.79 Å². The highest BCUT2D eigenvalue weighted by Crippen LogP contribution is 2.34. The minimum Gasteiger partial charge on any atom is -0.317 e. The van der Waals surface area contributed by atoms with Crippen LogP contribution in [0.4, 0.5) is 0 Å². The zero-order valence-corrected chi connectivity index (χ0v) is 11.6. The first-order valence-electron chi connectivity index (χ1n) is 6.65. The van der Waals surface area contributed by atoms with E-state index in [-0.39, 0.29) is 5.41 Å². The third-order valence-corrected chi connectivity index (χ3v) is 4.36. The highest BCUT2D eigenvalue weighted by Gasteiger charge is 2.36. The molecule has 0 saturated carbocycles. The molecule has 2 nitrogen and oxygen atoms in total. The van der Waals surface area contributed by atoms with Crippen molar-refractivity contribution < 1.29 is 4.79 Å². The molecule has 1 heterocycles. The van der Waals surface area contributed by atoms with E-state index in [0.717, 1.165) is 42.9 Å². The lowest BCUT2D eigenvalue weighted by Crippen LogP contribution is -2.42. The molecule has 1 saturated heterocycles. The van der Waals surface area contributed by atoms with Crippen molar-refractivity contribution in [2.24, 2.45) is 5.41 Å². The third-order valence-electron chi connectivity index (χ3n) is 4.11. The summed E-state index contributed by atoms with van der Waals surface area (Å²) in [6.45, 7) is 4.05. The molecule has 1 N–H and O–H groups in total. The zero-order valence-electron chi connectivity index (χ0n) is 10.8. The van der Waals surface area contributed by atoms with Crippen molar-refractivity contribution in [3.8, 4) is 0 Å². The number of carbonyl (C=O) groups is 1. The van der Waals surface area contributed by atoms with Gasteiger partial charge in [-0.05, 0) is 50.0 Å². The minimum absolute atomic E-state index is 0.106.